The van der Waals surface area contributed by atoms with E-state index in [1.165, 1.54) is 4.90 Å². The van der Waals surface area contributed by atoms with Crippen molar-refractivity contribution in [1.29, 1.82) is 0 Å². The van der Waals surface area contributed by atoms with Gasteiger partial charge in [0.1, 0.15) is 9.84 Å². The average molecular weight is 346 g/mol. The van der Waals surface area contributed by atoms with Gasteiger partial charge in [-0.1, -0.05) is 6.07 Å². The molecule has 0 saturated heterocycles. The number of sulfone groups is 1. The fourth-order valence-corrected chi connectivity index (χ4v) is 3.24. The predicted molar refractivity (Wildman–Crippen MR) is 75.2 cm³/mol. The maximum Gasteiger partial charge on any atom is 0.299 e. The Balaban J connectivity index is 2.24. The summed E-state index contributed by atoms with van der Waals surface area (Å²) in [4.78, 5) is 25.0. The Hall–Kier alpha value is -1.21. The number of Topliss-reactive ketones (excluding diaryl/α,β-unsaturated/α-hetero) is 1. The number of carbonyl (C=O) groups is 2. The Labute approximate surface area is 119 Å². The lowest BCUT2D eigenvalue weighted by molar-refractivity contribution is -0.114. The highest BCUT2D eigenvalue weighted by molar-refractivity contribution is 9.10. The minimum atomic E-state index is -3.07. The van der Waals surface area contributed by atoms with Crippen LogP contribution < -0.4 is 4.90 Å². The van der Waals surface area contributed by atoms with Crippen molar-refractivity contribution in [3.8, 4) is 0 Å². The maximum absolute atomic E-state index is 11.9. The van der Waals surface area contributed by atoms with Crippen molar-refractivity contribution in [2.75, 3.05) is 23.5 Å². The van der Waals surface area contributed by atoms with Crippen molar-refractivity contribution in [3.63, 3.8) is 0 Å². The van der Waals surface area contributed by atoms with Gasteiger partial charge in [0.25, 0.3) is 11.7 Å². The van der Waals surface area contributed by atoms with Crippen molar-refractivity contribution in [3.05, 3.63) is 28.2 Å². The Morgan fingerprint density at radius 3 is 2.58 bits per heavy atom. The second-order valence-electron chi connectivity index (χ2n) is 4.41. The summed E-state index contributed by atoms with van der Waals surface area (Å²) in [6.07, 6.45) is 1.45. The second kappa shape index (κ2) is 5.05. The van der Waals surface area contributed by atoms with Gasteiger partial charge in [0.15, 0.2) is 0 Å². The fourth-order valence-electron chi connectivity index (χ4n) is 2.01. The molecule has 1 aromatic rings. The summed E-state index contributed by atoms with van der Waals surface area (Å²) in [5, 5.41) is 0. The molecule has 5 nitrogen and oxygen atoms in total. The Morgan fingerprint density at radius 1 is 1.26 bits per heavy atom. The molecule has 1 aliphatic rings. The molecule has 0 fully saturated rings. The number of halogens is 1. The van der Waals surface area contributed by atoms with Crippen LogP contribution in [0.2, 0.25) is 0 Å². The van der Waals surface area contributed by atoms with Crippen LogP contribution in [0.1, 0.15) is 16.8 Å². The molecule has 0 radical (unpaired) electrons. The molecule has 0 bridgehead atoms. The molecule has 1 heterocycles. The molecule has 102 valence electrons. The van der Waals surface area contributed by atoms with Crippen LogP contribution >= 0.6 is 15.9 Å². The van der Waals surface area contributed by atoms with E-state index in [0.29, 0.717) is 22.1 Å². The number of hydrogen-bond donors (Lipinski definition) is 0. The number of nitrogens with zero attached hydrogens (tertiary/aromatic N) is 1. The molecule has 1 aromatic carbocycles. The molecule has 1 aliphatic heterocycles. The molecule has 0 atom stereocenters. The lowest BCUT2D eigenvalue weighted by atomic mass is 10.1. The molecule has 1 amide bonds. The van der Waals surface area contributed by atoms with Gasteiger partial charge in [-0.15, -0.1) is 0 Å². The van der Waals surface area contributed by atoms with E-state index in [1.807, 2.05) is 0 Å². The number of carbonyl (C=O) groups excluding carboxylic acids is 2. The highest BCUT2D eigenvalue weighted by Gasteiger charge is 2.36. The number of para-hydroxylation sites is 1. The highest BCUT2D eigenvalue weighted by atomic mass is 79.9. The Morgan fingerprint density at radius 2 is 1.95 bits per heavy atom. The minimum Gasteiger partial charge on any atom is -0.304 e. The quantitative estimate of drug-likeness (QED) is 0.773. The Kier molecular flexibility index (Phi) is 3.78. The third-order valence-electron chi connectivity index (χ3n) is 2.84. The van der Waals surface area contributed by atoms with Crippen molar-refractivity contribution < 1.29 is 18.0 Å². The van der Waals surface area contributed by atoms with Crippen LogP contribution in [0, 0.1) is 0 Å². The van der Waals surface area contributed by atoms with E-state index in [0.717, 1.165) is 6.26 Å². The lowest BCUT2D eigenvalue weighted by Gasteiger charge is -2.17. The molecule has 0 aliphatic carbocycles. The van der Waals surface area contributed by atoms with Gasteiger partial charge in [0.2, 0.25) is 0 Å². The largest absolute Gasteiger partial charge is 0.304 e. The third-order valence-corrected chi connectivity index (χ3v) is 4.51. The first-order valence-electron chi connectivity index (χ1n) is 5.63. The topological polar surface area (TPSA) is 71.5 Å². The Bertz CT molecular complexity index is 654. The van der Waals surface area contributed by atoms with Gasteiger partial charge in [-0.05, 0) is 34.5 Å². The van der Waals surface area contributed by atoms with Gasteiger partial charge < -0.3 is 4.90 Å². The fraction of sp³-hybridized carbons (Fsp3) is 0.333. The number of fused-ring (bicyclic) bond motifs is 1. The minimum absolute atomic E-state index is 0.00917. The van der Waals surface area contributed by atoms with E-state index >= 15 is 0 Å². The second-order valence-corrected chi connectivity index (χ2v) is 7.52. The van der Waals surface area contributed by atoms with Gasteiger partial charge in [0, 0.05) is 17.3 Å². The van der Waals surface area contributed by atoms with E-state index in [-0.39, 0.29) is 12.3 Å². The molecule has 0 N–H and O–H groups in total. The highest BCUT2D eigenvalue weighted by Crippen LogP contribution is 2.35. The molecule has 0 spiro atoms. The third kappa shape index (κ3) is 2.87. The normalized spacial score (nSPS) is 14.9. The molecule has 7 heteroatoms. The molecule has 0 unspecified atom stereocenters. The summed E-state index contributed by atoms with van der Waals surface area (Å²) in [7, 11) is -3.07. The van der Waals surface area contributed by atoms with Crippen LogP contribution in [0.15, 0.2) is 22.7 Å². The average Bonchev–Trinajstić information content (AvgIpc) is 2.54. The molecule has 19 heavy (non-hydrogen) atoms. The van der Waals surface area contributed by atoms with Crippen LogP contribution in [0.5, 0.6) is 0 Å². The van der Waals surface area contributed by atoms with Gasteiger partial charge >= 0.3 is 0 Å². The number of anilines is 1. The molecular weight excluding hydrogens is 334 g/mol. The predicted octanol–water partition coefficient (Wildman–Crippen LogP) is 1.41. The van der Waals surface area contributed by atoms with Gasteiger partial charge in [-0.2, -0.15) is 0 Å². The molecule has 0 aromatic heterocycles. The van der Waals surface area contributed by atoms with Crippen LogP contribution in [-0.2, 0) is 14.6 Å². The summed E-state index contributed by atoms with van der Waals surface area (Å²) >= 11 is 3.31. The van der Waals surface area contributed by atoms with Crippen LogP contribution in [0.4, 0.5) is 5.69 Å². The zero-order valence-corrected chi connectivity index (χ0v) is 12.6. The summed E-state index contributed by atoms with van der Waals surface area (Å²) in [6, 6.07) is 5.03. The first-order chi connectivity index (χ1) is 8.81. The van der Waals surface area contributed by atoms with Crippen LogP contribution in [0.25, 0.3) is 0 Å². The summed E-state index contributed by atoms with van der Waals surface area (Å²) in [5.41, 5.74) is 0.893. The van der Waals surface area contributed by atoms with Gasteiger partial charge in [-0.25, -0.2) is 8.42 Å². The van der Waals surface area contributed by atoms with Crippen LogP contribution in [0.3, 0.4) is 0 Å². The van der Waals surface area contributed by atoms with Gasteiger partial charge in [0.05, 0.1) is 17.0 Å². The van der Waals surface area contributed by atoms with Gasteiger partial charge in [-0.3, -0.25) is 9.59 Å². The van der Waals surface area contributed by atoms with E-state index in [4.69, 9.17) is 0 Å². The number of amides is 1. The number of rotatable bonds is 4. The van der Waals surface area contributed by atoms with Crippen molar-refractivity contribution in [2.24, 2.45) is 0 Å². The van der Waals surface area contributed by atoms with E-state index in [9.17, 15) is 18.0 Å². The van der Waals surface area contributed by atoms with Crippen molar-refractivity contribution in [2.45, 2.75) is 6.42 Å². The number of hydrogen-bond acceptors (Lipinski definition) is 4. The lowest BCUT2D eigenvalue weighted by Crippen LogP contribution is -2.31. The SMILES string of the molecule is CS(=O)(=O)CCCN1C(=O)C(=O)c2cccc(Br)c21. The molecule has 2 rings (SSSR count). The van der Waals surface area contributed by atoms with E-state index in [2.05, 4.69) is 15.9 Å². The summed E-state index contributed by atoms with van der Waals surface area (Å²) in [5.74, 6) is -1.16. The molecular formula is C12H12BrNO4S. The van der Waals surface area contributed by atoms with E-state index < -0.39 is 21.5 Å². The standard InChI is InChI=1S/C12H12BrNO4S/c1-19(17,18)7-3-6-14-10-8(11(15)12(14)16)4-2-5-9(10)13/h2,4-5H,3,6-7H2,1H3. The van der Waals surface area contributed by atoms with Crippen molar-refractivity contribution in [1.82, 2.24) is 0 Å². The van der Waals surface area contributed by atoms with Crippen molar-refractivity contribution >= 4 is 43.1 Å². The smallest absolute Gasteiger partial charge is 0.299 e. The summed E-state index contributed by atoms with van der Waals surface area (Å²) in [6.45, 7) is 0.216. The first-order valence-corrected chi connectivity index (χ1v) is 8.49. The zero-order chi connectivity index (χ0) is 14.2. The number of benzene rings is 1. The van der Waals surface area contributed by atoms with E-state index in [1.54, 1.807) is 18.2 Å². The molecule has 0 saturated carbocycles. The zero-order valence-electron chi connectivity index (χ0n) is 10.2. The maximum atomic E-state index is 11.9. The number of ketones is 1. The first kappa shape index (κ1) is 14.2. The monoisotopic (exact) mass is 345 g/mol. The van der Waals surface area contributed by atoms with Crippen LogP contribution in [-0.4, -0.2) is 38.7 Å². The summed E-state index contributed by atoms with van der Waals surface area (Å²) < 4.78 is 22.8.